The Hall–Kier alpha value is -2.05. The number of oxazole rings is 1. The molecular formula is C13H19N3O4. The number of anilines is 1. The number of aromatic nitrogens is 1. The number of carbonyl (C=O) groups is 2. The minimum Gasteiger partial charge on any atom is -0.444 e. The molecule has 20 heavy (non-hydrogen) atoms. The van der Waals surface area contributed by atoms with E-state index in [-0.39, 0.29) is 17.8 Å². The fraction of sp³-hybridized carbons (Fsp3) is 0.615. The normalized spacial score (nSPS) is 15.7. The van der Waals surface area contributed by atoms with Crippen LogP contribution in [0.2, 0.25) is 0 Å². The Kier molecular flexibility index (Phi) is 3.69. The predicted octanol–water partition coefficient (Wildman–Crippen LogP) is 1.79. The van der Waals surface area contributed by atoms with Gasteiger partial charge in [-0.15, -0.1) is 0 Å². The number of rotatable bonds is 2. The standard InChI is InChI=1S/C13H19N3O4/c1-8-5-14-11(19-8)15-10(17)9-6-16(7-9)12(18)20-13(2,3)4/h5,9H,6-7H2,1-4H3,(H,14,15,17). The highest BCUT2D eigenvalue weighted by Gasteiger charge is 2.38. The number of hydrogen-bond donors (Lipinski definition) is 1. The molecule has 2 amide bonds. The zero-order valence-electron chi connectivity index (χ0n) is 12.1. The smallest absolute Gasteiger partial charge is 0.410 e. The Morgan fingerprint density at radius 3 is 2.60 bits per heavy atom. The first kappa shape index (κ1) is 14.4. The van der Waals surface area contributed by atoms with Crippen LogP contribution >= 0.6 is 0 Å². The fourth-order valence-corrected chi connectivity index (χ4v) is 1.74. The van der Waals surface area contributed by atoms with Crippen LogP contribution in [0.25, 0.3) is 0 Å². The van der Waals surface area contributed by atoms with Crippen molar-refractivity contribution in [3.05, 3.63) is 12.0 Å². The topological polar surface area (TPSA) is 84.7 Å². The van der Waals surface area contributed by atoms with Crippen molar-refractivity contribution >= 4 is 18.0 Å². The van der Waals surface area contributed by atoms with Gasteiger partial charge in [-0.25, -0.2) is 9.78 Å². The highest BCUT2D eigenvalue weighted by Crippen LogP contribution is 2.21. The summed E-state index contributed by atoms with van der Waals surface area (Å²) in [5, 5.41) is 2.58. The molecule has 0 bridgehead atoms. The molecule has 1 aliphatic rings. The SMILES string of the molecule is Cc1cnc(NC(=O)C2CN(C(=O)OC(C)(C)C)C2)o1. The minimum atomic E-state index is -0.528. The minimum absolute atomic E-state index is 0.184. The van der Waals surface area contributed by atoms with Crippen LogP contribution in [0.5, 0.6) is 0 Å². The summed E-state index contributed by atoms with van der Waals surface area (Å²) in [6.07, 6.45) is 1.14. The molecule has 1 saturated heterocycles. The Labute approximate surface area is 117 Å². The number of hydrogen-bond acceptors (Lipinski definition) is 5. The van der Waals surface area contributed by atoms with Gasteiger partial charge in [-0.3, -0.25) is 10.1 Å². The molecule has 0 aromatic carbocycles. The van der Waals surface area contributed by atoms with E-state index in [1.54, 1.807) is 27.7 Å². The maximum Gasteiger partial charge on any atom is 0.410 e. The molecule has 2 heterocycles. The third kappa shape index (κ3) is 3.49. The summed E-state index contributed by atoms with van der Waals surface area (Å²) >= 11 is 0. The second-order valence-corrected chi connectivity index (χ2v) is 5.85. The third-order valence-corrected chi connectivity index (χ3v) is 2.76. The van der Waals surface area contributed by atoms with Crippen LogP contribution in [0.4, 0.5) is 10.8 Å². The second kappa shape index (κ2) is 5.15. The molecule has 0 radical (unpaired) electrons. The molecular weight excluding hydrogens is 262 g/mol. The van der Waals surface area contributed by atoms with E-state index in [2.05, 4.69) is 10.3 Å². The summed E-state index contributed by atoms with van der Waals surface area (Å²) in [5.41, 5.74) is -0.528. The molecule has 0 unspecified atom stereocenters. The van der Waals surface area contributed by atoms with Gasteiger partial charge in [0.25, 0.3) is 0 Å². The molecule has 110 valence electrons. The number of nitrogens with zero attached hydrogens (tertiary/aromatic N) is 2. The van der Waals surface area contributed by atoms with Crippen LogP contribution in [0, 0.1) is 12.8 Å². The van der Waals surface area contributed by atoms with Gasteiger partial charge in [0.15, 0.2) is 0 Å². The molecule has 1 aromatic heterocycles. The summed E-state index contributed by atoms with van der Waals surface area (Å²) < 4.78 is 10.4. The lowest BCUT2D eigenvalue weighted by molar-refractivity contribution is -0.124. The van der Waals surface area contributed by atoms with Gasteiger partial charge in [-0.2, -0.15) is 0 Å². The largest absolute Gasteiger partial charge is 0.444 e. The van der Waals surface area contributed by atoms with Crippen molar-refractivity contribution in [2.24, 2.45) is 5.92 Å². The molecule has 1 aliphatic heterocycles. The molecule has 0 saturated carbocycles. The quantitative estimate of drug-likeness (QED) is 0.893. The number of aryl methyl sites for hydroxylation is 1. The second-order valence-electron chi connectivity index (χ2n) is 5.85. The lowest BCUT2D eigenvalue weighted by Gasteiger charge is -2.38. The lowest BCUT2D eigenvalue weighted by atomic mass is 10.00. The number of carbonyl (C=O) groups excluding carboxylic acids is 2. The summed E-state index contributed by atoms with van der Waals surface area (Å²) in [6.45, 7) is 7.86. The summed E-state index contributed by atoms with van der Waals surface area (Å²) in [6, 6.07) is 0.184. The number of amides is 2. The first-order valence-electron chi connectivity index (χ1n) is 6.46. The van der Waals surface area contributed by atoms with Gasteiger partial charge < -0.3 is 14.1 Å². The van der Waals surface area contributed by atoms with Crippen molar-refractivity contribution in [2.75, 3.05) is 18.4 Å². The summed E-state index contributed by atoms with van der Waals surface area (Å²) in [7, 11) is 0. The Morgan fingerprint density at radius 1 is 1.45 bits per heavy atom. The molecule has 1 N–H and O–H groups in total. The summed E-state index contributed by atoms with van der Waals surface area (Å²) in [4.78, 5) is 29.0. The average molecular weight is 281 g/mol. The monoisotopic (exact) mass is 281 g/mol. The van der Waals surface area contributed by atoms with E-state index < -0.39 is 11.7 Å². The molecule has 0 atom stereocenters. The molecule has 2 rings (SSSR count). The molecule has 1 fully saturated rings. The Bertz CT molecular complexity index is 512. The highest BCUT2D eigenvalue weighted by molar-refractivity contribution is 5.92. The van der Waals surface area contributed by atoms with E-state index in [1.807, 2.05) is 0 Å². The van der Waals surface area contributed by atoms with Gasteiger partial charge in [-0.1, -0.05) is 0 Å². The molecule has 0 spiro atoms. The van der Waals surface area contributed by atoms with Crippen molar-refractivity contribution < 1.29 is 18.7 Å². The van der Waals surface area contributed by atoms with Crippen molar-refractivity contribution in [3.63, 3.8) is 0 Å². The Balaban J connectivity index is 1.78. The van der Waals surface area contributed by atoms with Crippen molar-refractivity contribution in [3.8, 4) is 0 Å². The van der Waals surface area contributed by atoms with E-state index in [4.69, 9.17) is 9.15 Å². The molecule has 0 aliphatic carbocycles. The van der Waals surface area contributed by atoms with Crippen LogP contribution in [0.3, 0.4) is 0 Å². The first-order valence-corrected chi connectivity index (χ1v) is 6.46. The zero-order valence-corrected chi connectivity index (χ0v) is 12.1. The summed E-state index contributed by atoms with van der Waals surface area (Å²) in [5.74, 6) is 0.172. The maximum absolute atomic E-state index is 11.9. The van der Waals surface area contributed by atoms with Crippen LogP contribution in [0.1, 0.15) is 26.5 Å². The van der Waals surface area contributed by atoms with Gasteiger partial charge in [0.1, 0.15) is 11.4 Å². The first-order chi connectivity index (χ1) is 9.24. The third-order valence-electron chi connectivity index (χ3n) is 2.76. The van der Waals surface area contributed by atoms with E-state index in [1.165, 1.54) is 11.1 Å². The molecule has 7 heteroatoms. The number of ether oxygens (including phenoxy) is 1. The van der Waals surface area contributed by atoms with Crippen molar-refractivity contribution in [1.82, 2.24) is 9.88 Å². The Morgan fingerprint density at radius 2 is 2.10 bits per heavy atom. The maximum atomic E-state index is 11.9. The van der Waals surface area contributed by atoms with E-state index in [9.17, 15) is 9.59 Å². The fourth-order valence-electron chi connectivity index (χ4n) is 1.74. The van der Waals surface area contributed by atoms with Crippen molar-refractivity contribution in [1.29, 1.82) is 0 Å². The van der Waals surface area contributed by atoms with Crippen LogP contribution < -0.4 is 5.32 Å². The van der Waals surface area contributed by atoms with Gasteiger partial charge in [0.05, 0.1) is 12.1 Å². The van der Waals surface area contributed by atoms with Crippen molar-refractivity contribution in [2.45, 2.75) is 33.3 Å². The number of likely N-dealkylation sites (tertiary alicyclic amines) is 1. The zero-order chi connectivity index (χ0) is 14.9. The van der Waals surface area contributed by atoms with E-state index in [0.717, 1.165) is 0 Å². The lowest BCUT2D eigenvalue weighted by Crippen LogP contribution is -2.55. The van der Waals surface area contributed by atoms with Crippen LogP contribution in [-0.2, 0) is 9.53 Å². The van der Waals surface area contributed by atoms with Gasteiger partial charge in [-0.05, 0) is 27.7 Å². The van der Waals surface area contributed by atoms with E-state index in [0.29, 0.717) is 18.8 Å². The van der Waals surface area contributed by atoms with Gasteiger partial charge in [0, 0.05) is 13.1 Å². The average Bonchev–Trinajstić information content (AvgIpc) is 2.58. The highest BCUT2D eigenvalue weighted by atomic mass is 16.6. The number of nitrogens with one attached hydrogen (secondary N) is 1. The molecule has 7 nitrogen and oxygen atoms in total. The van der Waals surface area contributed by atoms with Crippen LogP contribution in [-0.4, -0.2) is 40.6 Å². The predicted molar refractivity (Wildman–Crippen MR) is 71.2 cm³/mol. The van der Waals surface area contributed by atoms with Crippen LogP contribution in [0.15, 0.2) is 10.6 Å². The van der Waals surface area contributed by atoms with Gasteiger partial charge in [0.2, 0.25) is 5.91 Å². The van der Waals surface area contributed by atoms with Gasteiger partial charge >= 0.3 is 12.1 Å². The van der Waals surface area contributed by atoms with E-state index >= 15 is 0 Å². The molecule has 1 aromatic rings.